The number of hydrogen-bond donors (Lipinski definition) is 0. The van der Waals surface area contributed by atoms with Crippen LogP contribution in [-0.4, -0.2) is 4.98 Å². The maximum absolute atomic E-state index is 12.8. The van der Waals surface area contributed by atoms with Crippen LogP contribution in [0.2, 0.25) is 5.35 Å². The number of aromatic nitrogens is 1. The zero-order chi connectivity index (χ0) is 8.72. The summed E-state index contributed by atoms with van der Waals surface area (Å²) < 4.78 is 18.3. The van der Waals surface area contributed by atoms with Crippen molar-refractivity contribution in [1.29, 1.82) is 0 Å². The number of oxazole rings is 1. The number of nitrogens with zero attached hydrogens (tertiary/aromatic N) is 1. The number of rotatable bonds is 0. The van der Waals surface area contributed by atoms with E-state index in [1.54, 1.807) is 0 Å². The number of halogens is 3. The van der Waals surface area contributed by atoms with Crippen LogP contribution in [0.15, 0.2) is 21.0 Å². The van der Waals surface area contributed by atoms with Crippen molar-refractivity contribution in [3.05, 3.63) is 27.8 Å². The third-order valence-corrected chi connectivity index (χ3v) is 2.13. The van der Waals surface area contributed by atoms with E-state index in [1.807, 2.05) is 0 Å². The molecule has 12 heavy (non-hydrogen) atoms. The summed E-state index contributed by atoms with van der Waals surface area (Å²) in [6, 6.07) is 2.55. The molecule has 2 nitrogen and oxygen atoms in total. The van der Waals surface area contributed by atoms with Gasteiger partial charge in [0, 0.05) is 6.07 Å². The van der Waals surface area contributed by atoms with Gasteiger partial charge in [0.2, 0.25) is 0 Å². The lowest BCUT2D eigenvalue weighted by atomic mass is 10.3. The molecule has 2 rings (SSSR count). The van der Waals surface area contributed by atoms with Gasteiger partial charge in [0.25, 0.3) is 5.35 Å². The van der Waals surface area contributed by atoms with Crippen LogP contribution in [-0.2, 0) is 0 Å². The summed E-state index contributed by atoms with van der Waals surface area (Å²) >= 11 is 8.61. The minimum absolute atomic E-state index is 0.0105. The molecule has 0 saturated carbocycles. The lowest BCUT2D eigenvalue weighted by molar-refractivity contribution is 0.599. The smallest absolute Gasteiger partial charge is 0.293 e. The summed E-state index contributed by atoms with van der Waals surface area (Å²) in [6.07, 6.45) is 0. The van der Waals surface area contributed by atoms with Crippen molar-refractivity contribution < 1.29 is 8.81 Å². The van der Waals surface area contributed by atoms with Gasteiger partial charge in [0.15, 0.2) is 5.58 Å². The maximum atomic E-state index is 12.8. The van der Waals surface area contributed by atoms with Gasteiger partial charge in [-0.1, -0.05) is 0 Å². The highest BCUT2D eigenvalue weighted by Crippen LogP contribution is 2.27. The van der Waals surface area contributed by atoms with Crippen molar-refractivity contribution in [2.45, 2.75) is 0 Å². The van der Waals surface area contributed by atoms with Gasteiger partial charge in [0.1, 0.15) is 11.3 Å². The van der Waals surface area contributed by atoms with Gasteiger partial charge >= 0.3 is 0 Å². The van der Waals surface area contributed by atoms with E-state index < -0.39 is 0 Å². The van der Waals surface area contributed by atoms with E-state index in [0.717, 1.165) is 0 Å². The summed E-state index contributed by atoms with van der Waals surface area (Å²) in [5, 5.41) is 0.0105. The largest absolute Gasteiger partial charge is 0.426 e. The second-order valence-electron chi connectivity index (χ2n) is 2.20. The van der Waals surface area contributed by atoms with E-state index in [0.29, 0.717) is 15.6 Å². The van der Waals surface area contributed by atoms with E-state index in [9.17, 15) is 4.39 Å². The number of benzene rings is 1. The molecule has 0 aliphatic heterocycles. The van der Waals surface area contributed by atoms with Crippen LogP contribution in [0.3, 0.4) is 0 Å². The Morgan fingerprint density at radius 1 is 1.50 bits per heavy atom. The summed E-state index contributed by atoms with van der Waals surface area (Å²) in [6.45, 7) is 0. The highest BCUT2D eigenvalue weighted by atomic mass is 79.9. The minimum atomic E-state index is -0.376. The van der Waals surface area contributed by atoms with Crippen LogP contribution in [0.1, 0.15) is 0 Å². The Bertz CT molecular complexity index is 442. The first-order valence-electron chi connectivity index (χ1n) is 3.08. The molecule has 2 aromatic rings. The third kappa shape index (κ3) is 1.21. The average molecular weight is 250 g/mol. The summed E-state index contributed by atoms with van der Waals surface area (Å²) in [7, 11) is 0. The summed E-state index contributed by atoms with van der Waals surface area (Å²) in [4.78, 5) is 3.76. The van der Waals surface area contributed by atoms with Gasteiger partial charge in [-0.25, -0.2) is 4.39 Å². The fraction of sp³-hybridized carbons (Fsp3) is 0. The molecule has 1 aromatic carbocycles. The van der Waals surface area contributed by atoms with Crippen molar-refractivity contribution >= 4 is 38.6 Å². The maximum Gasteiger partial charge on any atom is 0.293 e. The second kappa shape index (κ2) is 2.71. The van der Waals surface area contributed by atoms with E-state index >= 15 is 0 Å². The first kappa shape index (κ1) is 8.01. The van der Waals surface area contributed by atoms with Crippen LogP contribution < -0.4 is 0 Å². The molecule has 0 radical (unpaired) electrons. The van der Waals surface area contributed by atoms with Crippen molar-refractivity contribution in [3.8, 4) is 0 Å². The molecule has 0 fully saturated rings. The Morgan fingerprint density at radius 2 is 2.25 bits per heavy atom. The normalized spacial score (nSPS) is 10.9. The lowest BCUT2D eigenvalue weighted by Crippen LogP contribution is -1.75. The molecule has 0 saturated heterocycles. The van der Waals surface area contributed by atoms with Crippen molar-refractivity contribution in [3.63, 3.8) is 0 Å². The summed E-state index contributed by atoms with van der Waals surface area (Å²) in [5.41, 5.74) is 0.869. The monoisotopic (exact) mass is 249 g/mol. The van der Waals surface area contributed by atoms with Crippen LogP contribution in [0, 0.1) is 5.82 Å². The average Bonchev–Trinajstić information content (AvgIpc) is 2.29. The van der Waals surface area contributed by atoms with Gasteiger partial charge in [-0.05, 0) is 33.6 Å². The molecule has 0 bridgehead atoms. The Kier molecular flexibility index (Phi) is 1.81. The fourth-order valence-electron chi connectivity index (χ4n) is 0.933. The van der Waals surface area contributed by atoms with Crippen LogP contribution in [0.4, 0.5) is 4.39 Å². The molecule has 62 valence electrons. The van der Waals surface area contributed by atoms with Gasteiger partial charge in [-0.15, -0.1) is 0 Å². The molecule has 0 N–H and O–H groups in total. The lowest BCUT2D eigenvalue weighted by Gasteiger charge is -1.90. The zero-order valence-electron chi connectivity index (χ0n) is 5.64. The highest BCUT2D eigenvalue weighted by molar-refractivity contribution is 9.10. The Morgan fingerprint density at radius 3 is 3.00 bits per heavy atom. The highest BCUT2D eigenvalue weighted by Gasteiger charge is 2.08. The zero-order valence-corrected chi connectivity index (χ0v) is 7.99. The van der Waals surface area contributed by atoms with Crippen molar-refractivity contribution in [2.24, 2.45) is 0 Å². The van der Waals surface area contributed by atoms with E-state index in [2.05, 4.69) is 20.9 Å². The first-order valence-corrected chi connectivity index (χ1v) is 4.25. The topological polar surface area (TPSA) is 26.0 Å². The van der Waals surface area contributed by atoms with Gasteiger partial charge < -0.3 is 4.42 Å². The quantitative estimate of drug-likeness (QED) is 0.716. The number of hydrogen-bond acceptors (Lipinski definition) is 2. The van der Waals surface area contributed by atoms with Crippen molar-refractivity contribution in [1.82, 2.24) is 4.98 Å². The third-order valence-electron chi connectivity index (χ3n) is 1.38. The SMILES string of the molecule is Fc1cc(Br)c2oc(Cl)nc2c1. The second-order valence-corrected chi connectivity index (χ2v) is 3.38. The van der Waals surface area contributed by atoms with E-state index in [-0.39, 0.29) is 11.2 Å². The number of fused-ring (bicyclic) bond motifs is 1. The Balaban J connectivity index is 2.88. The molecule has 5 heteroatoms. The van der Waals surface area contributed by atoms with Crippen molar-refractivity contribution in [2.75, 3.05) is 0 Å². The molecular formula is C7H2BrClFNO. The predicted molar refractivity (Wildman–Crippen MR) is 46.7 cm³/mol. The van der Waals surface area contributed by atoms with Gasteiger partial charge in [-0.2, -0.15) is 4.98 Å². The fourth-order valence-corrected chi connectivity index (χ4v) is 1.60. The van der Waals surface area contributed by atoms with Gasteiger partial charge in [-0.3, -0.25) is 0 Å². The first-order chi connectivity index (χ1) is 5.66. The molecule has 0 aliphatic rings. The van der Waals surface area contributed by atoms with Crippen LogP contribution in [0.25, 0.3) is 11.1 Å². The molecule has 0 atom stereocenters. The molecule has 0 amide bonds. The van der Waals surface area contributed by atoms with Crippen LogP contribution in [0.5, 0.6) is 0 Å². The standard InChI is InChI=1S/C7H2BrClFNO/c8-4-1-3(10)2-5-6(4)12-7(9)11-5/h1-2H. The minimum Gasteiger partial charge on any atom is -0.426 e. The molecule has 0 unspecified atom stereocenters. The Hall–Kier alpha value is -0.610. The molecular weight excluding hydrogens is 248 g/mol. The predicted octanol–water partition coefficient (Wildman–Crippen LogP) is 3.38. The van der Waals surface area contributed by atoms with E-state index in [4.69, 9.17) is 16.0 Å². The van der Waals surface area contributed by atoms with E-state index in [1.165, 1.54) is 12.1 Å². The Labute approximate surface area is 80.5 Å². The molecule has 1 aromatic heterocycles. The van der Waals surface area contributed by atoms with Crippen LogP contribution >= 0.6 is 27.5 Å². The molecule has 0 aliphatic carbocycles. The summed E-state index contributed by atoms with van der Waals surface area (Å²) in [5.74, 6) is -0.376. The molecule has 1 heterocycles. The molecule has 0 spiro atoms. The van der Waals surface area contributed by atoms with Gasteiger partial charge in [0.05, 0.1) is 4.47 Å².